The maximum atomic E-state index is 13.7. The Bertz CT molecular complexity index is 1170. The van der Waals surface area contributed by atoms with Crippen LogP contribution in [0.2, 0.25) is 10.0 Å². The number of nitrogens with one attached hydrogen (secondary N) is 1. The van der Waals surface area contributed by atoms with E-state index in [4.69, 9.17) is 23.2 Å². The highest BCUT2D eigenvalue weighted by Gasteiger charge is 2.30. The van der Waals surface area contributed by atoms with E-state index < -0.39 is 6.04 Å². The van der Waals surface area contributed by atoms with Crippen LogP contribution in [0.3, 0.4) is 0 Å². The number of carbonyl (C=O) groups is 2. The van der Waals surface area contributed by atoms with Crippen molar-refractivity contribution in [3.05, 3.63) is 104 Å². The fourth-order valence-electron chi connectivity index (χ4n) is 3.80. The number of thioether (sulfide) groups is 1. The Morgan fingerprint density at radius 1 is 0.946 bits per heavy atom. The lowest BCUT2D eigenvalue weighted by atomic mass is 10.0. The fourth-order valence-corrected chi connectivity index (χ4v) is 5.90. The number of benzene rings is 3. The van der Waals surface area contributed by atoms with Crippen LogP contribution in [0.4, 0.5) is 0 Å². The molecule has 0 aliphatic heterocycles. The van der Waals surface area contributed by atoms with Crippen molar-refractivity contribution in [2.24, 2.45) is 5.92 Å². The molecule has 37 heavy (non-hydrogen) atoms. The van der Waals surface area contributed by atoms with Gasteiger partial charge in [0.05, 0.1) is 5.75 Å². The summed E-state index contributed by atoms with van der Waals surface area (Å²) in [5.41, 5.74) is 2.74. The van der Waals surface area contributed by atoms with Crippen molar-refractivity contribution >= 4 is 62.7 Å². The summed E-state index contributed by atoms with van der Waals surface area (Å²) in [5, 5.41) is 4.20. The van der Waals surface area contributed by atoms with Gasteiger partial charge in [-0.2, -0.15) is 0 Å². The highest BCUT2D eigenvalue weighted by atomic mass is 79.9. The number of nitrogens with zero attached hydrogens (tertiary/aromatic N) is 1. The van der Waals surface area contributed by atoms with E-state index in [1.54, 1.807) is 23.1 Å². The summed E-state index contributed by atoms with van der Waals surface area (Å²) in [4.78, 5) is 28.9. The van der Waals surface area contributed by atoms with Crippen molar-refractivity contribution in [3.63, 3.8) is 0 Å². The van der Waals surface area contributed by atoms with Gasteiger partial charge >= 0.3 is 0 Å². The van der Waals surface area contributed by atoms with Crippen molar-refractivity contribution in [2.45, 2.75) is 38.6 Å². The van der Waals surface area contributed by atoms with Gasteiger partial charge in [-0.3, -0.25) is 9.59 Å². The Hall–Kier alpha value is -1.99. The first-order chi connectivity index (χ1) is 17.7. The molecule has 0 aliphatic rings. The van der Waals surface area contributed by atoms with E-state index in [1.807, 2.05) is 68.4 Å². The molecule has 8 heteroatoms. The van der Waals surface area contributed by atoms with E-state index >= 15 is 0 Å². The van der Waals surface area contributed by atoms with Gasteiger partial charge in [-0.1, -0.05) is 102 Å². The number of hydrogen-bond donors (Lipinski definition) is 1. The van der Waals surface area contributed by atoms with Gasteiger partial charge in [-0.25, -0.2) is 0 Å². The van der Waals surface area contributed by atoms with Gasteiger partial charge in [0.1, 0.15) is 6.04 Å². The Morgan fingerprint density at radius 3 is 2.24 bits per heavy atom. The Labute approximate surface area is 242 Å². The third kappa shape index (κ3) is 9.36. The van der Waals surface area contributed by atoms with E-state index in [2.05, 4.69) is 21.2 Å². The summed E-state index contributed by atoms with van der Waals surface area (Å²) in [6.07, 6.45) is 0.422. The Morgan fingerprint density at radius 2 is 1.59 bits per heavy atom. The second kappa shape index (κ2) is 14.8. The number of halogens is 3. The first kappa shape index (κ1) is 29.6. The van der Waals surface area contributed by atoms with Gasteiger partial charge < -0.3 is 10.2 Å². The van der Waals surface area contributed by atoms with Gasteiger partial charge in [0.2, 0.25) is 11.8 Å². The second-order valence-corrected chi connectivity index (χ2v) is 11.9. The molecule has 0 saturated heterocycles. The Kier molecular flexibility index (Phi) is 11.8. The third-order valence-corrected chi connectivity index (χ3v) is 7.88. The van der Waals surface area contributed by atoms with Crippen molar-refractivity contribution in [2.75, 3.05) is 12.3 Å². The summed E-state index contributed by atoms with van der Waals surface area (Å²) >= 11 is 17.6. The molecule has 196 valence electrons. The van der Waals surface area contributed by atoms with Gasteiger partial charge in [-0.15, -0.1) is 11.8 Å². The molecule has 0 aliphatic carbocycles. The predicted octanol–water partition coefficient (Wildman–Crippen LogP) is 7.40. The monoisotopic (exact) mass is 620 g/mol. The third-order valence-electron chi connectivity index (χ3n) is 5.73. The van der Waals surface area contributed by atoms with Crippen LogP contribution in [0.15, 0.2) is 77.3 Å². The second-order valence-electron chi connectivity index (χ2n) is 9.19. The van der Waals surface area contributed by atoms with Crippen molar-refractivity contribution in [3.8, 4) is 0 Å². The molecule has 0 heterocycles. The van der Waals surface area contributed by atoms with E-state index in [1.165, 1.54) is 11.8 Å². The lowest BCUT2D eigenvalue weighted by Crippen LogP contribution is -2.51. The number of rotatable bonds is 12. The first-order valence-electron chi connectivity index (χ1n) is 12.1. The number of hydrogen-bond acceptors (Lipinski definition) is 3. The maximum Gasteiger partial charge on any atom is 0.243 e. The van der Waals surface area contributed by atoms with Crippen LogP contribution in [-0.2, 0) is 28.3 Å². The summed E-state index contributed by atoms with van der Waals surface area (Å²) < 4.78 is 0.920. The van der Waals surface area contributed by atoms with E-state index in [0.717, 1.165) is 21.2 Å². The van der Waals surface area contributed by atoms with E-state index in [-0.39, 0.29) is 17.6 Å². The fraction of sp³-hybridized carbons (Fsp3) is 0.310. The molecule has 1 atom stereocenters. The number of carbonyl (C=O) groups excluding carboxylic acids is 2. The minimum Gasteiger partial charge on any atom is -0.354 e. The first-order valence-corrected chi connectivity index (χ1v) is 14.8. The topological polar surface area (TPSA) is 49.4 Å². The van der Waals surface area contributed by atoms with Crippen LogP contribution in [0.1, 0.15) is 30.5 Å². The van der Waals surface area contributed by atoms with Crippen LogP contribution in [0.25, 0.3) is 0 Å². The highest BCUT2D eigenvalue weighted by molar-refractivity contribution is 9.10. The molecule has 3 aromatic carbocycles. The van der Waals surface area contributed by atoms with E-state index in [0.29, 0.717) is 41.2 Å². The van der Waals surface area contributed by atoms with Crippen LogP contribution < -0.4 is 5.32 Å². The minimum absolute atomic E-state index is 0.117. The largest absolute Gasteiger partial charge is 0.354 e. The zero-order valence-electron chi connectivity index (χ0n) is 20.9. The molecule has 3 aromatic rings. The molecule has 1 N–H and O–H groups in total. The molecule has 2 amide bonds. The smallest absolute Gasteiger partial charge is 0.243 e. The van der Waals surface area contributed by atoms with E-state index in [9.17, 15) is 9.59 Å². The standard InChI is InChI=1S/C29H31BrCl2N2O2S/c1-20(2)16-33-29(36)27(15-21-8-4-3-5-9-21)34(17-22-10-6-11-23(30)14-22)28(35)19-37-18-24-25(31)12-7-13-26(24)32/h3-14,20,27H,15-19H2,1-2H3,(H,33,36). The van der Waals surface area contributed by atoms with Crippen molar-refractivity contribution < 1.29 is 9.59 Å². The lowest BCUT2D eigenvalue weighted by molar-refractivity contribution is -0.139. The molecule has 0 aromatic heterocycles. The normalized spacial score (nSPS) is 11.8. The molecule has 4 nitrogen and oxygen atoms in total. The SMILES string of the molecule is CC(C)CNC(=O)C(Cc1ccccc1)N(Cc1cccc(Br)c1)C(=O)CSCc1c(Cl)cccc1Cl. The summed E-state index contributed by atoms with van der Waals surface area (Å²) in [7, 11) is 0. The van der Waals surface area contributed by atoms with Gasteiger partial charge in [0, 0.05) is 39.8 Å². The predicted molar refractivity (Wildman–Crippen MR) is 159 cm³/mol. The zero-order chi connectivity index (χ0) is 26.8. The molecular weight excluding hydrogens is 591 g/mol. The van der Waals surface area contributed by atoms with Crippen LogP contribution in [0, 0.1) is 5.92 Å². The van der Waals surface area contributed by atoms with Crippen LogP contribution >= 0.6 is 50.9 Å². The summed E-state index contributed by atoms with van der Waals surface area (Å²) in [6, 6.07) is 22.3. The molecule has 1 unspecified atom stereocenters. The highest BCUT2D eigenvalue weighted by Crippen LogP contribution is 2.28. The van der Waals surface area contributed by atoms with Gasteiger partial charge in [-0.05, 0) is 46.9 Å². The van der Waals surface area contributed by atoms with Gasteiger partial charge in [0.25, 0.3) is 0 Å². The average molecular weight is 622 g/mol. The number of amides is 2. The van der Waals surface area contributed by atoms with Crippen molar-refractivity contribution in [1.82, 2.24) is 10.2 Å². The average Bonchev–Trinajstić information content (AvgIpc) is 2.87. The molecule has 0 saturated carbocycles. The van der Waals surface area contributed by atoms with Crippen LogP contribution in [0.5, 0.6) is 0 Å². The minimum atomic E-state index is -0.655. The summed E-state index contributed by atoms with van der Waals surface area (Å²) in [6.45, 7) is 4.96. The van der Waals surface area contributed by atoms with Crippen LogP contribution in [-0.4, -0.2) is 35.1 Å². The Balaban J connectivity index is 1.86. The zero-order valence-corrected chi connectivity index (χ0v) is 24.8. The molecule has 0 spiro atoms. The molecule has 0 fully saturated rings. The molecule has 0 bridgehead atoms. The maximum absolute atomic E-state index is 13.7. The van der Waals surface area contributed by atoms with Gasteiger partial charge in [0.15, 0.2) is 0 Å². The molecular formula is C29H31BrCl2N2O2S. The quantitative estimate of drug-likeness (QED) is 0.229. The van der Waals surface area contributed by atoms with Crippen molar-refractivity contribution in [1.29, 1.82) is 0 Å². The molecule has 3 rings (SSSR count). The summed E-state index contributed by atoms with van der Waals surface area (Å²) in [5.74, 6) is 0.719. The lowest BCUT2D eigenvalue weighted by Gasteiger charge is -2.32. The molecule has 0 radical (unpaired) electrons.